The van der Waals surface area contributed by atoms with Crippen molar-refractivity contribution in [3.8, 4) is 0 Å². The first-order valence-corrected chi connectivity index (χ1v) is 8.23. The minimum atomic E-state index is -0.226. The Bertz CT molecular complexity index is 733. The first kappa shape index (κ1) is 15.1. The number of amides is 1. The van der Waals surface area contributed by atoms with Gasteiger partial charge in [0, 0.05) is 44.0 Å². The summed E-state index contributed by atoms with van der Waals surface area (Å²) in [6, 6.07) is 3.57. The Morgan fingerprint density at radius 3 is 3.08 bits per heavy atom. The van der Waals surface area contributed by atoms with Crippen LogP contribution in [0.5, 0.6) is 0 Å². The highest BCUT2D eigenvalue weighted by Gasteiger charge is 2.40. The lowest BCUT2D eigenvalue weighted by atomic mass is 10.2. The van der Waals surface area contributed by atoms with E-state index >= 15 is 0 Å². The molecule has 7 nitrogen and oxygen atoms in total. The molecule has 0 bridgehead atoms. The lowest BCUT2D eigenvalue weighted by Crippen LogP contribution is -2.30. The SMILES string of the molecule is CO[C@H]1C[C@H](c2nc(C3CC3)no2)N(C(=O)/C=C/c2ccc[nH]2)C1. The first-order chi connectivity index (χ1) is 11.7. The Hall–Kier alpha value is -2.41. The Labute approximate surface area is 139 Å². The molecule has 2 aromatic rings. The third-order valence-corrected chi connectivity index (χ3v) is 4.59. The molecule has 4 rings (SSSR count). The second-order valence-corrected chi connectivity index (χ2v) is 6.32. The molecule has 1 aliphatic carbocycles. The van der Waals surface area contributed by atoms with E-state index in [0.717, 1.165) is 24.4 Å². The van der Waals surface area contributed by atoms with E-state index in [1.807, 2.05) is 18.3 Å². The quantitative estimate of drug-likeness (QED) is 0.851. The van der Waals surface area contributed by atoms with Crippen LogP contribution in [0, 0.1) is 0 Å². The molecular formula is C17H20N4O3. The molecule has 1 aliphatic heterocycles. The number of carbonyl (C=O) groups is 1. The molecule has 126 valence electrons. The molecule has 2 fully saturated rings. The number of aromatic amines is 1. The smallest absolute Gasteiger partial charge is 0.249 e. The third kappa shape index (κ3) is 2.99. The Morgan fingerprint density at radius 1 is 1.50 bits per heavy atom. The normalized spacial score (nSPS) is 24.1. The molecule has 2 aromatic heterocycles. The van der Waals surface area contributed by atoms with Crippen molar-refractivity contribution in [1.82, 2.24) is 20.0 Å². The van der Waals surface area contributed by atoms with Crippen LogP contribution < -0.4 is 0 Å². The maximum Gasteiger partial charge on any atom is 0.249 e. The largest absolute Gasteiger partial charge is 0.380 e. The molecule has 1 amide bonds. The maximum atomic E-state index is 12.6. The highest BCUT2D eigenvalue weighted by atomic mass is 16.5. The Balaban J connectivity index is 1.52. The van der Waals surface area contributed by atoms with Crippen LogP contribution in [0.2, 0.25) is 0 Å². The van der Waals surface area contributed by atoms with Crippen molar-refractivity contribution in [2.75, 3.05) is 13.7 Å². The van der Waals surface area contributed by atoms with E-state index in [2.05, 4.69) is 15.1 Å². The fraction of sp³-hybridized carbons (Fsp3) is 0.471. The number of carbonyl (C=O) groups excluding carboxylic acids is 1. The first-order valence-electron chi connectivity index (χ1n) is 8.23. The highest BCUT2D eigenvalue weighted by Crippen LogP contribution is 2.40. The number of rotatable bonds is 5. The summed E-state index contributed by atoms with van der Waals surface area (Å²) in [6.07, 6.45) is 8.04. The molecule has 2 aliphatic rings. The molecule has 0 unspecified atom stereocenters. The number of nitrogens with one attached hydrogen (secondary N) is 1. The predicted octanol–water partition coefficient (Wildman–Crippen LogP) is 2.28. The van der Waals surface area contributed by atoms with Gasteiger partial charge in [0.2, 0.25) is 11.8 Å². The van der Waals surface area contributed by atoms with Gasteiger partial charge in [-0.3, -0.25) is 4.79 Å². The maximum absolute atomic E-state index is 12.6. The number of hydrogen-bond acceptors (Lipinski definition) is 5. The average Bonchev–Trinajstić information content (AvgIpc) is 3.05. The number of H-pyrrole nitrogens is 1. The van der Waals surface area contributed by atoms with E-state index in [-0.39, 0.29) is 18.1 Å². The summed E-state index contributed by atoms with van der Waals surface area (Å²) in [7, 11) is 1.66. The summed E-state index contributed by atoms with van der Waals surface area (Å²) in [5, 5.41) is 4.07. The van der Waals surface area contributed by atoms with Crippen molar-refractivity contribution >= 4 is 12.0 Å². The minimum absolute atomic E-state index is 0.0193. The number of aromatic nitrogens is 3. The van der Waals surface area contributed by atoms with Crippen LogP contribution >= 0.6 is 0 Å². The summed E-state index contributed by atoms with van der Waals surface area (Å²) in [5.41, 5.74) is 0.885. The van der Waals surface area contributed by atoms with E-state index in [4.69, 9.17) is 9.26 Å². The van der Waals surface area contributed by atoms with Crippen LogP contribution in [-0.4, -0.2) is 45.7 Å². The van der Waals surface area contributed by atoms with Gasteiger partial charge in [0.05, 0.1) is 6.10 Å². The van der Waals surface area contributed by atoms with Crippen LogP contribution in [0.4, 0.5) is 0 Å². The number of nitrogens with zero attached hydrogens (tertiary/aromatic N) is 3. The average molecular weight is 328 g/mol. The third-order valence-electron chi connectivity index (χ3n) is 4.59. The zero-order valence-electron chi connectivity index (χ0n) is 13.5. The fourth-order valence-electron chi connectivity index (χ4n) is 3.04. The van der Waals surface area contributed by atoms with Gasteiger partial charge in [-0.15, -0.1) is 0 Å². The van der Waals surface area contributed by atoms with E-state index in [1.165, 1.54) is 0 Å². The molecule has 0 radical (unpaired) electrons. The van der Waals surface area contributed by atoms with E-state index in [9.17, 15) is 4.79 Å². The van der Waals surface area contributed by atoms with Gasteiger partial charge in [0.15, 0.2) is 5.82 Å². The molecule has 24 heavy (non-hydrogen) atoms. The summed E-state index contributed by atoms with van der Waals surface area (Å²) in [5.74, 6) is 1.62. The van der Waals surface area contributed by atoms with Crippen molar-refractivity contribution in [1.29, 1.82) is 0 Å². The van der Waals surface area contributed by atoms with Crippen LogP contribution in [0.1, 0.15) is 48.6 Å². The Kier molecular flexibility index (Phi) is 3.93. The standard InChI is InChI=1S/C17H20N4O3/c1-23-13-9-14(17-19-16(20-24-17)11-4-5-11)21(10-13)15(22)7-6-12-3-2-8-18-12/h2-3,6-8,11,13-14,18H,4-5,9-10H2,1H3/b7-6+/t13-,14+/m0/s1. The molecule has 2 atom stereocenters. The van der Waals surface area contributed by atoms with Crippen LogP contribution in [0.25, 0.3) is 6.08 Å². The monoisotopic (exact) mass is 328 g/mol. The van der Waals surface area contributed by atoms with Gasteiger partial charge in [-0.25, -0.2) is 0 Å². The second kappa shape index (κ2) is 6.24. The summed E-state index contributed by atoms with van der Waals surface area (Å²) in [6.45, 7) is 0.524. The molecule has 1 saturated carbocycles. The second-order valence-electron chi connectivity index (χ2n) is 6.32. The highest BCUT2D eigenvalue weighted by molar-refractivity contribution is 5.92. The minimum Gasteiger partial charge on any atom is -0.380 e. The topological polar surface area (TPSA) is 84.2 Å². The lowest BCUT2D eigenvalue weighted by molar-refractivity contribution is -0.127. The van der Waals surface area contributed by atoms with Gasteiger partial charge >= 0.3 is 0 Å². The molecule has 0 aromatic carbocycles. The summed E-state index contributed by atoms with van der Waals surface area (Å²) >= 11 is 0. The van der Waals surface area contributed by atoms with Crippen molar-refractivity contribution in [3.63, 3.8) is 0 Å². The van der Waals surface area contributed by atoms with E-state index in [0.29, 0.717) is 24.8 Å². The van der Waals surface area contributed by atoms with Crippen LogP contribution in [-0.2, 0) is 9.53 Å². The molecule has 0 spiro atoms. The molecule has 1 N–H and O–H groups in total. The fourth-order valence-corrected chi connectivity index (χ4v) is 3.04. The summed E-state index contributed by atoms with van der Waals surface area (Å²) in [4.78, 5) is 21.9. The van der Waals surface area contributed by atoms with E-state index < -0.39 is 0 Å². The van der Waals surface area contributed by atoms with Crippen molar-refractivity contribution in [3.05, 3.63) is 41.8 Å². The molecule has 7 heteroatoms. The molecule has 1 saturated heterocycles. The number of ether oxygens (including phenoxy) is 1. The number of likely N-dealkylation sites (tertiary alicyclic amines) is 1. The van der Waals surface area contributed by atoms with Gasteiger partial charge in [-0.05, 0) is 31.1 Å². The van der Waals surface area contributed by atoms with Gasteiger partial charge in [0.25, 0.3) is 0 Å². The zero-order chi connectivity index (χ0) is 16.5. The van der Waals surface area contributed by atoms with Crippen molar-refractivity contribution in [2.45, 2.75) is 37.3 Å². The van der Waals surface area contributed by atoms with Gasteiger partial charge in [-0.2, -0.15) is 4.98 Å². The molecule has 3 heterocycles. The van der Waals surface area contributed by atoms with Gasteiger partial charge in [-0.1, -0.05) is 5.16 Å². The van der Waals surface area contributed by atoms with Gasteiger partial charge < -0.3 is 19.1 Å². The van der Waals surface area contributed by atoms with Crippen molar-refractivity contribution in [2.24, 2.45) is 0 Å². The molecular weight excluding hydrogens is 308 g/mol. The number of hydrogen-bond donors (Lipinski definition) is 1. The Morgan fingerprint density at radius 2 is 2.38 bits per heavy atom. The number of methoxy groups -OCH3 is 1. The van der Waals surface area contributed by atoms with Crippen molar-refractivity contribution < 1.29 is 14.1 Å². The van der Waals surface area contributed by atoms with Crippen LogP contribution in [0.15, 0.2) is 28.9 Å². The lowest BCUT2D eigenvalue weighted by Gasteiger charge is -2.19. The van der Waals surface area contributed by atoms with Gasteiger partial charge in [0.1, 0.15) is 6.04 Å². The van der Waals surface area contributed by atoms with Crippen LogP contribution in [0.3, 0.4) is 0 Å². The summed E-state index contributed by atoms with van der Waals surface area (Å²) < 4.78 is 10.9. The van der Waals surface area contributed by atoms with E-state index in [1.54, 1.807) is 24.2 Å². The predicted molar refractivity (Wildman–Crippen MR) is 86.0 cm³/mol. The zero-order valence-corrected chi connectivity index (χ0v) is 13.5.